The minimum absolute atomic E-state index is 0.309. The Balaban J connectivity index is 1.79. The maximum atomic E-state index is 12.1. The molecule has 3 rings (SSSR count). The normalized spacial score (nSPS) is 14.1. The topological polar surface area (TPSA) is 81.3 Å². The van der Waals surface area contributed by atoms with Gasteiger partial charge in [-0.3, -0.25) is 0 Å². The molecule has 130 valence electrons. The SMILES string of the molecule is CCOC(=O)c1c(N)sc2c1CCN(c1nc(CC(C)C)ns1)C2. The lowest BCUT2D eigenvalue weighted by atomic mass is 10.0. The molecular formula is C16H22N4O2S2. The quantitative estimate of drug-likeness (QED) is 0.819. The van der Waals surface area contributed by atoms with Gasteiger partial charge in [0, 0.05) is 29.4 Å². The van der Waals surface area contributed by atoms with Crippen molar-refractivity contribution in [3.63, 3.8) is 0 Å². The molecule has 0 unspecified atom stereocenters. The van der Waals surface area contributed by atoms with Crippen LogP contribution in [0.2, 0.25) is 0 Å². The molecule has 2 N–H and O–H groups in total. The van der Waals surface area contributed by atoms with Crippen LogP contribution in [0, 0.1) is 5.92 Å². The van der Waals surface area contributed by atoms with E-state index in [2.05, 4.69) is 28.1 Å². The number of nitrogens with zero attached hydrogens (tertiary/aromatic N) is 3. The van der Waals surface area contributed by atoms with E-state index in [4.69, 9.17) is 10.5 Å². The summed E-state index contributed by atoms with van der Waals surface area (Å²) >= 11 is 2.92. The molecule has 0 saturated heterocycles. The summed E-state index contributed by atoms with van der Waals surface area (Å²) in [6.45, 7) is 8.03. The lowest BCUT2D eigenvalue weighted by molar-refractivity contribution is 0.0526. The molecule has 0 amide bonds. The predicted octanol–water partition coefficient (Wildman–Crippen LogP) is 3.12. The van der Waals surface area contributed by atoms with E-state index >= 15 is 0 Å². The van der Waals surface area contributed by atoms with E-state index in [9.17, 15) is 4.79 Å². The Hall–Kier alpha value is -1.67. The number of anilines is 2. The van der Waals surface area contributed by atoms with Gasteiger partial charge >= 0.3 is 5.97 Å². The molecular weight excluding hydrogens is 344 g/mol. The Kier molecular flexibility index (Phi) is 5.05. The predicted molar refractivity (Wildman–Crippen MR) is 97.9 cm³/mol. The first-order valence-corrected chi connectivity index (χ1v) is 9.73. The number of fused-ring (bicyclic) bond motifs is 1. The largest absolute Gasteiger partial charge is 0.462 e. The number of carbonyl (C=O) groups excluding carboxylic acids is 1. The minimum atomic E-state index is -0.309. The van der Waals surface area contributed by atoms with E-state index in [1.54, 1.807) is 6.92 Å². The van der Waals surface area contributed by atoms with Gasteiger partial charge in [0.1, 0.15) is 10.8 Å². The molecule has 6 nitrogen and oxygen atoms in total. The Morgan fingerprint density at radius 3 is 2.96 bits per heavy atom. The third-order valence-corrected chi connectivity index (χ3v) is 5.74. The molecule has 24 heavy (non-hydrogen) atoms. The molecule has 0 radical (unpaired) electrons. The number of rotatable bonds is 5. The number of nitrogen functional groups attached to an aromatic ring is 1. The van der Waals surface area contributed by atoms with E-state index < -0.39 is 0 Å². The Morgan fingerprint density at radius 1 is 1.46 bits per heavy atom. The molecule has 0 spiro atoms. The molecule has 8 heteroatoms. The number of esters is 1. The van der Waals surface area contributed by atoms with Gasteiger partial charge in [-0.15, -0.1) is 11.3 Å². The van der Waals surface area contributed by atoms with Crippen LogP contribution in [0.3, 0.4) is 0 Å². The Morgan fingerprint density at radius 2 is 2.25 bits per heavy atom. The van der Waals surface area contributed by atoms with Crippen LogP contribution in [0.1, 0.15) is 47.4 Å². The van der Waals surface area contributed by atoms with Crippen LogP contribution in [0.25, 0.3) is 0 Å². The van der Waals surface area contributed by atoms with Crippen molar-refractivity contribution in [2.75, 3.05) is 23.8 Å². The van der Waals surface area contributed by atoms with Gasteiger partial charge in [-0.05, 0) is 24.8 Å². The zero-order valence-electron chi connectivity index (χ0n) is 14.2. The molecule has 0 aliphatic carbocycles. The first-order valence-electron chi connectivity index (χ1n) is 8.14. The standard InChI is InChI=1S/C16H22N4O2S2/c1-4-22-15(21)13-10-5-6-20(8-11(10)23-14(13)17)16-18-12(19-24-16)7-9(2)3/h9H,4-8,17H2,1-3H3. The molecule has 0 fully saturated rings. The van der Waals surface area contributed by atoms with Crippen molar-refractivity contribution in [3.05, 3.63) is 21.8 Å². The van der Waals surface area contributed by atoms with Gasteiger partial charge in [0.25, 0.3) is 0 Å². The van der Waals surface area contributed by atoms with Crippen molar-refractivity contribution in [3.8, 4) is 0 Å². The molecule has 0 saturated carbocycles. The third-order valence-electron chi connectivity index (χ3n) is 3.88. The minimum Gasteiger partial charge on any atom is -0.462 e. The summed E-state index contributed by atoms with van der Waals surface area (Å²) in [5.74, 6) is 1.15. The molecule has 2 aromatic rings. The van der Waals surface area contributed by atoms with Crippen molar-refractivity contribution >= 4 is 39.0 Å². The van der Waals surface area contributed by atoms with E-state index in [1.165, 1.54) is 22.9 Å². The number of aromatic nitrogens is 2. The number of nitrogens with two attached hydrogens (primary N) is 1. The van der Waals surface area contributed by atoms with E-state index in [-0.39, 0.29) is 5.97 Å². The van der Waals surface area contributed by atoms with Crippen molar-refractivity contribution < 1.29 is 9.53 Å². The fraction of sp³-hybridized carbons (Fsp3) is 0.562. The Labute approximate surface area is 149 Å². The smallest absolute Gasteiger partial charge is 0.341 e. The van der Waals surface area contributed by atoms with Gasteiger partial charge in [-0.2, -0.15) is 4.37 Å². The summed E-state index contributed by atoms with van der Waals surface area (Å²) in [6, 6.07) is 0. The average molecular weight is 367 g/mol. The molecule has 3 heterocycles. The lowest BCUT2D eigenvalue weighted by Crippen LogP contribution is -2.30. The van der Waals surface area contributed by atoms with Gasteiger partial charge in [0.2, 0.25) is 5.13 Å². The highest BCUT2D eigenvalue weighted by molar-refractivity contribution is 7.16. The van der Waals surface area contributed by atoms with Gasteiger partial charge in [0.05, 0.1) is 18.7 Å². The van der Waals surface area contributed by atoms with E-state index in [0.717, 1.165) is 47.3 Å². The summed E-state index contributed by atoms with van der Waals surface area (Å²) in [4.78, 5) is 20.1. The van der Waals surface area contributed by atoms with Crippen molar-refractivity contribution in [1.82, 2.24) is 9.36 Å². The highest BCUT2D eigenvalue weighted by Crippen LogP contribution is 2.37. The number of hydrogen-bond donors (Lipinski definition) is 1. The maximum Gasteiger partial charge on any atom is 0.341 e. The lowest BCUT2D eigenvalue weighted by Gasteiger charge is -2.26. The summed E-state index contributed by atoms with van der Waals surface area (Å²) < 4.78 is 9.60. The fourth-order valence-electron chi connectivity index (χ4n) is 2.84. The van der Waals surface area contributed by atoms with Gasteiger partial charge in [0.15, 0.2) is 0 Å². The van der Waals surface area contributed by atoms with Gasteiger partial charge < -0.3 is 15.4 Å². The first-order chi connectivity index (χ1) is 11.5. The molecule has 0 aromatic carbocycles. The number of ether oxygens (including phenoxy) is 1. The van der Waals surface area contributed by atoms with Crippen LogP contribution in [0.4, 0.5) is 10.1 Å². The first kappa shape index (κ1) is 17.2. The van der Waals surface area contributed by atoms with E-state index in [1.807, 2.05) is 0 Å². The third kappa shape index (κ3) is 3.39. The summed E-state index contributed by atoms with van der Waals surface area (Å²) in [5.41, 5.74) is 7.67. The van der Waals surface area contributed by atoms with Gasteiger partial charge in [-0.1, -0.05) is 13.8 Å². The van der Waals surface area contributed by atoms with Crippen LogP contribution in [0.15, 0.2) is 0 Å². The van der Waals surface area contributed by atoms with Crippen molar-refractivity contribution in [1.29, 1.82) is 0 Å². The number of hydrogen-bond acceptors (Lipinski definition) is 8. The Bertz CT molecular complexity index is 739. The second kappa shape index (κ2) is 7.06. The zero-order chi connectivity index (χ0) is 17.3. The summed E-state index contributed by atoms with van der Waals surface area (Å²) in [7, 11) is 0. The number of thiophene rings is 1. The van der Waals surface area contributed by atoms with E-state index in [0.29, 0.717) is 23.1 Å². The van der Waals surface area contributed by atoms with Crippen LogP contribution in [0.5, 0.6) is 0 Å². The van der Waals surface area contributed by atoms with Crippen LogP contribution >= 0.6 is 22.9 Å². The second-order valence-corrected chi connectivity index (χ2v) is 8.09. The molecule has 2 aromatic heterocycles. The van der Waals surface area contributed by atoms with Crippen LogP contribution in [-0.2, 0) is 24.1 Å². The van der Waals surface area contributed by atoms with Crippen molar-refractivity contribution in [2.45, 2.75) is 40.2 Å². The molecule has 0 bridgehead atoms. The monoisotopic (exact) mass is 366 g/mol. The average Bonchev–Trinajstić information content (AvgIpc) is 3.09. The van der Waals surface area contributed by atoms with Gasteiger partial charge in [-0.25, -0.2) is 9.78 Å². The highest BCUT2D eigenvalue weighted by atomic mass is 32.1. The molecule has 1 aliphatic heterocycles. The fourth-order valence-corrected chi connectivity index (χ4v) is 4.68. The zero-order valence-corrected chi connectivity index (χ0v) is 15.8. The molecule has 0 atom stereocenters. The maximum absolute atomic E-state index is 12.1. The van der Waals surface area contributed by atoms with Crippen molar-refractivity contribution in [2.24, 2.45) is 5.92 Å². The highest BCUT2D eigenvalue weighted by Gasteiger charge is 2.29. The second-order valence-electron chi connectivity index (χ2n) is 6.23. The van der Waals surface area contributed by atoms with Crippen LogP contribution in [-0.4, -0.2) is 28.5 Å². The summed E-state index contributed by atoms with van der Waals surface area (Å²) in [5, 5.41) is 1.50. The van der Waals surface area contributed by atoms with Crippen LogP contribution < -0.4 is 10.6 Å². The molecule has 1 aliphatic rings. The summed E-state index contributed by atoms with van der Waals surface area (Å²) in [6.07, 6.45) is 1.67. The number of carbonyl (C=O) groups is 1.